The van der Waals surface area contributed by atoms with Gasteiger partial charge in [-0.3, -0.25) is 9.59 Å². The maximum Gasteiger partial charge on any atom is 0.290 e. The van der Waals surface area contributed by atoms with Crippen LogP contribution in [0.4, 0.5) is 0 Å². The summed E-state index contributed by atoms with van der Waals surface area (Å²) in [5, 5.41) is 0.328. The van der Waals surface area contributed by atoms with Crippen molar-refractivity contribution in [3.05, 3.63) is 82.6 Å². The predicted molar refractivity (Wildman–Crippen MR) is 111 cm³/mol. The van der Waals surface area contributed by atoms with Crippen molar-refractivity contribution in [3.8, 4) is 10.4 Å². The average molecular weight is 393 g/mol. The van der Waals surface area contributed by atoms with Crippen LogP contribution >= 0.6 is 23.1 Å². The molecule has 0 atom stereocenters. The Bertz CT molecular complexity index is 1170. The quantitative estimate of drug-likeness (QED) is 0.241. The number of aromatic nitrogens is 2. The molecule has 0 fully saturated rings. The first-order chi connectivity index (χ1) is 13.1. The van der Waals surface area contributed by atoms with Crippen LogP contribution in [-0.4, -0.2) is 21.2 Å². The highest BCUT2D eigenvalue weighted by Gasteiger charge is 2.15. The lowest BCUT2D eigenvalue weighted by molar-refractivity contribution is 0.102. The van der Waals surface area contributed by atoms with E-state index in [9.17, 15) is 9.59 Å². The number of carbonyl (C=O) groups excluding carboxylic acids is 1. The third kappa shape index (κ3) is 3.51. The van der Waals surface area contributed by atoms with Crippen LogP contribution in [0, 0.1) is 0 Å². The van der Waals surface area contributed by atoms with Gasteiger partial charge in [-0.1, -0.05) is 72.4 Å². The van der Waals surface area contributed by atoms with Gasteiger partial charge in [0, 0.05) is 10.4 Å². The minimum Gasteiger partial charge on any atom is -0.334 e. The number of rotatable bonds is 5. The number of thioether (sulfide) groups is 1. The van der Waals surface area contributed by atoms with E-state index in [1.165, 1.54) is 23.1 Å². The Hall–Kier alpha value is -2.90. The van der Waals surface area contributed by atoms with Crippen molar-refractivity contribution in [3.63, 3.8) is 0 Å². The third-order valence-corrected chi connectivity index (χ3v) is 6.15. The van der Waals surface area contributed by atoms with Crippen LogP contribution in [0.2, 0.25) is 0 Å². The van der Waals surface area contributed by atoms with Gasteiger partial charge in [0.2, 0.25) is 0 Å². The highest BCUT2D eigenvalue weighted by molar-refractivity contribution is 7.99. The van der Waals surface area contributed by atoms with E-state index in [4.69, 9.17) is 5.84 Å². The molecular weight excluding hydrogens is 378 g/mol. The Balaban J connectivity index is 1.65. The molecule has 2 N–H and O–H groups in total. The van der Waals surface area contributed by atoms with Crippen molar-refractivity contribution in [1.29, 1.82) is 0 Å². The number of nitrogens with zero attached hydrogens (tertiary/aromatic N) is 2. The molecule has 0 aliphatic rings. The molecule has 0 aliphatic carbocycles. The highest BCUT2D eigenvalue weighted by atomic mass is 32.2. The molecule has 0 amide bonds. The molecule has 2 heterocycles. The fourth-order valence-corrected chi connectivity index (χ4v) is 4.51. The molecule has 0 unspecified atom stereocenters. The van der Waals surface area contributed by atoms with Gasteiger partial charge < -0.3 is 5.84 Å². The van der Waals surface area contributed by atoms with Gasteiger partial charge in [0.1, 0.15) is 4.70 Å². The van der Waals surface area contributed by atoms with Crippen molar-refractivity contribution < 1.29 is 4.79 Å². The maximum absolute atomic E-state index is 12.6. The summed E-state index contributed by atoms with van der Waals surface area (Å²) >= 11 is 2.54. The topological polar surface area (TPSA) is 78.0 Å². The summed E-state index contributed by atoms with van der Waals surface area (Å²) < 4.78 is 1.53. The molecule has 134 valence electrons. The summed E-state index contributed by atoms with van der Waals surface area (Å²) in [7, 11) is 0. The molecule has 0 saturated carbocycles. The molecule has 4 aromatic rings. The second kappa shape index (κ2) is 7.38. The second-order valence-corrected chi connectivity index (χ2v) is 7.83. The average Bonchev–Trinajstić information content (AvgIpc) is 3.15. The van der Waals surface area contributed by atoms with Gasteiger partial charge in [-0.15, -0.1) is 11.3 Å². The highest BCUT2D eigenvalue weighted by Crippen LogP contribution is 2.31. The monoisotopic (exact) mass is 393 g/mol. The molecular formula is C20H15N3O2S2. The molecule has 2 aromatic heterocycles. The molecule has 2 aromatic carbocycles. The van der Waals surface area contributed by atoms with E-state index in [-0.39, 0.29) is 17.1 Å². The van der Waals surface area contributed by atoms with Crippen LogP contribution in [0.15, 0.2) is 76.7 Å². The minimum absolute atomic E-state index is 0.0368. The number of thiophene rings is 1. The van der Waals surface area contributed by atoms with Gasteiger partial charge >= 0.3 is 0 Å². The summed E-state index contributed by atoms with van der Waals surface area (Å²) in [6, 6.07) is 20.7. The van der Waals surface area contributed by atoms with Gasteiger partial charge in [-0.2, -0.15) is 0 Å². The van der Waals surface area contributed by atoms with Crippen molar-refractivity contribution >= 4 is 39.1 Å². The van der Waals surface area contributed by atoms with E-state index in [0.717, 1.165) is 15.1 Å². The Labute approximate surface area is 163 Å². The molecule has 0 spiro atoms. The number of carbonyl (C=O) groups is 1. The lowest BCUT2D eigenvalue weighted by Crippen LogP contribution is -2.29. The molecule has 7 heteroatoms. The molecule has 27 heavy (non-hydrogen) atoms. The van der Waals surface area contributed by atoms with E-state index >= 15 is 0 Å². The first-order valence-corrected chi connectivity index (χ1v) is 10.0. The number of fused-ring (bicyclic) bond motifs is 1. The summed E-state index contributed by atoms with van der Waals surface area (Å²) in [4.78, 5) is 30.4. The number of ketones is 1. The van der Waals surface area contributed by atoms with Gasteiger partial charge in [-0.25, -0.2) is 9.66 Å². The lowest BCUT2D eigenvalue weighted by Gasteiger charge is -2.06. The zero-order chi connectivity index (χ0) is 18.8. The minimum atomic E-state index is -0.304. The third-order valence-electron chi connectivity index (χ3n) is 4.03. The summed E-state index contributed by atoms with van der Waals surface area (Å²) in [5.41, 5.74) is 1.94. The number of nitrogens with two attached hydrogens (primary N) is 1. The number of Topliss-reactive ketones (excluding diaryl/α,β-unsaturated/α-hetero) is 1. The zero-order valence-corrected chi connectivity index (χ0v) is 15.8. The van der Waals surface area contributed by atoms with Gasteiger partial charge in [0.05, 0.1) is 11.3 Å². The zero-order valence-electron chi connectivity index (χ0n) is 14.2. The molecule has 4 rings (SSSR count). The smallest absolute Gasteiger partial charge is 0.290 e. The fourth-order valence-electron chi connectivity index (χ4n) is 2.65. The molecule has 0 bridgehead atoms. The first kappa shape index (κ1) is 17.5. The van der Waals surface area contributed by atoms with Crippen molar-refractivity contribution in [1.82, 2.24) is 9.66 Å². The lowest BCUT2D eigenvalue weighted by atomic mass is 10.2. The van der Waals surface area contributed by atoms with Gasteiger partial charge in [0.15, 0.2) is 10.9 Å². The van der Waals surface area contributed by atoms with Gasteiger partial charge in [0.25, 0.3) is 5.56 Å². The van der Waals surface area contributed by atoms with Crippen LogP contribution in [0.3, 0.4) is 0 Å². The van der Waals surface area contributed by atoms with E-state index < -0.39 is 0 Å². The molecule has 5 nitrogen and oxygen atoms in total. The summed E-state index contributed by atoms with van der Waals surface area (Å²) in [5.74, 6) is 6.06. The van der Waals surface area contributed by atoms with E-state index in [0.29, 0.717) is 20.9 Å². The standard InChI is InChI=1S/C20H15N3O2S2/c21-23-19(25)18-15(11-17(27-18)14-9-5-2-6-10-14)22-20(23)26-12-16(24)13-7-3-1-4-8-13/h1-11H,12,21H2. The van der Waals surface area contributed by atoms with Crippen LogP contribution in [0.5, 0.6) is 0 Å². The number of nitrogen functional groups attached to an aromatic ring is 1. The summed E-state index contributed by atoms with van der Waals surface area (Å²) in [6.45, 7) is 0. The Morgan fingerprint density at radius 2 is 1.74 bits per heavy atom. The number of hydrogen-bond acceptors (Lipinski definition) is 6. The van der Waals surface area contributed by atoms with Crippen molar-refractivity contribution in [2.45, 2.75) is 5.16 Å². The number of benzene rings is 2. The Morgan fingerprint density at radius 1 is 1.07 bits per heavy atom. The normalized spacial score (nSPS) is 11.0. The van der Waals surface area contributed by atoms with E-state index in [2.05, 4.69) is 4.98 Å². The SMILES string of the molecule is Nn1c(SCC(=O)c2ccccc2)nc2cc(-c3ccccc3)sc2c1=O. The van der Waals surface area contributed by atoms with Crippen molar-refractivity contribution in [2.24, 2.45) is 0 Å². The second-order valence-electron chi connectivity index (χ2n) is 5.84. The molecule has 0 aliphatic heterocycles. The fraction of sp³-hybridized carbons (Fsp3) is 0.0500. The maximum atomic E-state index is 12.6. The Kier molecular flexibility index (Phi) is 4.79. The largest absolute Gasteiger partial charge is 0.334 e. The van der Waals surface area contributed by atoms with E-state index in [1.807, 2.05) is 54.6 Å². The van der Waals surface area contributed by atoms with Crippen LogP contribution < -0.4 is 11.4 Å². The first-order valence-electron chi connectivity index (χ1n) is 8.21. The Morgan fingerprint density at radius 3 is 2.44 bits per heavy atom. The molecule has 0 radical (unpaired) electrons. The van der Waals surface area contributed by atoms with Crippen LogP contribution in [0.25, 0.3) is 20.7 Å². The van der Waals surface area contributed by atoms with E-state index in [1.54, 1.807) is 12.1 Å². The van der Waals surface area contributed by atoms with Crippen molar-refractivity contribution in [2.75, 3.05) is 11.6 Å². The number of hydrogen-bond donors (Lipinski definition) is 1. The predicted octanol–water partition coefficient (Wildman–Crippen LogP) is 3.81. The van der Waals surface area contributed by atoms with Crippen LogP contribution in [-0.2, 0) is 0 Å². The molecule has 0 saturated heterocycles. The van der Waals surface area contributed by atoms with Gasteiger partial charge in [-0.05, 0) is 11.6 Å². The summed E-state index contributed by atoms with van der Waals surface area (Å²) in [6.07, 6.45) is 0. The van der Waals surface area contributed by atoms with Crippen LogP contribution in [0.1, 0.15) is 10.4 Å².